The van der Waals surface area contributed by atoms with Crippen LogP contribution in [0.1, 0.15) is 6.92 Å². The molecule has 2 atom stereocenters. The van der Waals surface area contributed by atoms with E-state index in [1.807, 2.05) is 18.2 Å². The van der Waals surface area contributed by atoms with Gasteiger partial charge in [-0.15, -0.1) is 0 Å². The summed E-state index contributed by atoms with van der Waals surface area (Å²) in [5.41, 5.74) is 0.750. The van der Waals surface area contributed by atoms with Crippen LogP contribution in [0.2, 0.25) is 0 Å². The van der Waals surface area contributed by atoms with E-state index in [0.29, 0.717) is 22.1 Å². The molecule has 3 N–H and O–H groups in total. The quantitative estimate of drug-likeness (QED) is 0.577. The van der Waals surface area contributed by atoms with E-state index >= 15 is 0 Å². The van der Waals surface area contributed by atoms with Gasteiger partial charge in [0.25, 0.3) is 0 Å². The van der Waals surface area contributed by atoms with E-state index in [-0.39, 0.29) is 6.61 Å². The third kappa shape index (κ3) is 4.36. The number of fused-ring (bicyclic) bond motifs is 1. The summed E-state index contributed by atoms with van der Waals surface area (Å²) in [4.78, 5) is 4.64. The Morgan fingerprint density at radius 3 is 2.56 bits per heavy atom. The van der Waals surface area contributed by atoms with Gasteiger partial charge in [-0.2, -0.15) is 0 Å². The van der Waals surface area contributed by atoms with Gasteiger partial charge < -0.3 is 14.6 Å². The molecule has 1 heterocycles. The number of ether oxygens (including phenoxy) is 2. The fraction of sp³-hybridized carbons (Fsp3) is 0.211. The summed E-state index contributed by atoms with van der Waals surface area (Å²) in [6.07, 6.45) is 1.66. The average Bonchev–Trinajstić information content (AvgIpc) is 2.67. The van der Waals surface area contributed by atoms with Crippen LogP contribution in [0.25, 0.3) is 10.9 Å². The van der Waals surface area contributed by atoms with Crippen molar-refractivity contribution in [3.63, 3.8) is 0 Å². The maximum atomic E-state index is 12.4. The molecule has 2 aromatic carbocycles. The van der Waals surface area contributed by atoms with Crippen LogP contribution in [0.4, 0.5) is 0 Å². The topological polar surface area (TPSA) is 105 Å². The highest BCUT2D eigenvalue weighted by Gasteiger charge is 2.13. The van der Waals surface area contributed by atoms with Crippen molar-refractivity contribution in [2.24, 2.45) is 0 Å². The highest BCUT2D eigenvalue weighted by molar-refractivity contribution is 7.90. The summed E-state index contributed by atoms with van der Waals surface area (Å²) >= 11 is 0. The van der Waals surface area contributed by atoms with Crippen molar-refractivity contribution in [3.8, 4) is 17.2 Å². The summed E-state index contributed by atoms with van der Waals surface area (Å²) < 4.78 is 34.2. The number of aliphatic hydroxyl groups excluding tert-OH is 1. The van der Waals surface area contributed by atoms with Crippen LogP contribution in [-0.4, -0.2) is 34.1 Å². The Hall–Kier alpha value is -2.68. The first-order chi connectivity index (χ1) is 12.9. The Kier molecular flexibility index (Phi) is 5.59. The molecule has 0 radical (unpaired) electrons. The van der Waals surface area contributed by atoms with Crippen LogP contribution in [0.5, 0.6) is 17.2 Å². The third-order valence-corrected chi connectivity index (χ3v) is 5.60. The van der Waals surface area contributed by atoms with E-state index in [1.54, 1.807) is 50.6 Å². The van der Waals surface area contributed by atoms with Crippen molar-refractivity contribution in [2.75, 3.05) is 13.7 Å². The van der Waals surface area contributed by atoms with E-state index < -0.39 is 16.0 Å². The van der Waals surface area contributed by atoms with Gasteiger partial charge in [-0.05, 0) is 49.4 Å². The van der Waals surface area contributed by atoms with Gasteiger partial charge in [0.15, 0.2) is 0 Å². The molecule has 8 heteroatoms. The largest absolute Gasteiger partial charge is 0.497 e. The van der Waals surface area contributed by atoms with Crippen molar-refractivity contribution in [3.05, 3.63) is 54.7 Å². The third-order valence-electron chi connectivity index (χ3n) is 3.93. The predicted molar refractivity (Wildman–Crippen MR) is 104 cm³/mol. The second-order valence-electron chi connectivity index (χ2n) is 6.02. The van der Waals surface area contributed by atoms with Gasteiger partial charge in [-0.25, -0.2) is 13.7 Å². The van der Waals surface area contributed by atoms with Crippen molar-refractivity contribution in [2.45, 2.75) is 17.9 Å². The lowest BCUT2D eigenvalue weighted by Gasteiger charge is -2.15. The number of hydrogen-bond donors (Lipinski definition) is 3. The number of nitrogens with zero attached hydrogens (tertiary/aromatic N) is 1. The molecule has 0 aliphatic carbocycles. The Morgan fingerprint density at radius 2 is 1.89 bits per heavy atom. The van der Waals surface area contributed by atoms with Gasteiger partial charge in [0.05, 0.1) is 24.1 Å². The fourth-order valence-corrected chi connectivity index (χ4v) is 3.83. The number of hydrogen-bond acceptors (Lipinski definition) is 6. The van der Waals surface area contributed by atoms with Crippen LogP contribution in [-0.2, 0) is 9.92 Å². The summed E-state index contributed by atoms with van der Waals surface area (Å²) in [5.74, 6) is 1.90. The van der Waals surface area contributed by atoms with Gasteiger partial charge in [0.2, 0.25) is 0 Å². The number of pyridine rings is 1. The van der Waals surface area contributed by atoms with Crippen LogP contribution < -0.4 is 14.2 Å². The van der Waals surface area contributed by atoms with E-state index in [0.717, 1.165) is 10.9 Å². The number of nitrogens with one attached hydrogen (secondary N) is 2. The maximum Gasteiger partial charge on any atom is 0.138 e. The van der Waals surface area contributed by atoms with Gasteiger partial charge in [0.1, 0.15) is 27.2 Å². The lowest BCUT2D eigenvalue weighted by Crippen LogP contribution is -2.34. The van der Waals surface area contributed by atoms with Crippen LogP contribution in [0.3, 0.4) is 0 Å². The number of rotatable bonds is 7. The minimum Gasteiger partial charge on any atom is -0.497 e. The van der Waals surface area contributed by atoms with E-state index in [2.05, 4.69) is 9.71 Å². The second kappa shape index (κ2) is 7.91. The van der Waals surface area contributed by atoms with Crippen LogP contribution in [0, 0.1) is 4.78 Å². The first-order valence-electron chi connectivity index (χ1n) is 8.30. The second-order valence-corrected chi connectivity index (χ2v) is 7.84. The molecular weight excluding hydrogens is 366 g/mol. The molecule has 0 amide bonds. The standard InChI is InChI=1S/C19H21N3O4S/c1-13(12-23)22-27(20,24)16-6-3-14(4-7-16)26-19-9-10-21-18-11-15(25-2)5-8-17(18)19/h3-11,13,23H,12H2,1-2H3,(H2,20,22,24)/t13-,27+/m0/s1. The SMILES string of the molecule is COc1ccc2c(Oc3ccc([S@](=N)(=O)N[C@@H](C)CO)cc3)ccnc2c1. The molecular formula is C19H21N3O4S. The van der Waals surface area contributed by atoms with Crippen molar-refractivity contribution < 1.29 is 18.8 Å². The van der Waals surface area contributed by atoms with Crippen molar-refractivity contribution in [1.82, 2.24) is 9.71 Å². The molecule has 0 saturated heterocycles. The first-order valence-corrected chi connectivity index (χ1v) is 9.86. The Labute approximate surface area is 158 Å². The van der Waals surface area contributed by atoms with Crippen LogP contribution in [0.15, 0.2) is 59.6 Å². The van der Waals surface area contributed by atoms with Gasteiger partial charge in [0, 0.05) is 23.7 Å². The molecule has 3 aromatic rings. The molecule has 0 spiro atoms. The highest BCUT2D eigenvalue weighted by atomic mass is 32.2. The molecule has 0 aliphatic heterocycles. The molecule has 0 fully saturated rings. The summed E-state index contributed by atoms with van der Waals surface area (Å²) in [7, 11) is -1.59. The fourth-order valence-electron chi connectivity index (χ4n) is 2.53. The minimum atomic E-state index is -3.19. The zero-order valence-corrected chi connectivity index (χ0v) is 15.8. The van der Waals surface area contributed by atoms with Crippen LogP contribution >= 0.6 is 0 Å². The lowest BCUT2D eigenvalue weighted by atomic mass is 10.2. The molecule has 0 aliphatic rings. The van der Waals surface area contributed by atoms with Gasteiger partial charge >= 0.3 is 0 Å². The molecule has 1 aromatic heterocycles. The molecule has 0 saturated carbocycles. The van der Waals surface area contributed by atoms with Gasteiger partial charge in [-0.3, -0.25) is 4.98 Å². The molecule has 0 bridgehead atoms. The highest BCUT2D eigenvalue weighted by Crippen LogP contribution is 2.31. The molecule has 0 unspecified atom stereocenters. The van der Waals surface area contributed by atoms with Gasteiger partial charge in [-0.1, -0.05) is 0 Å². The number of aliphatic hydroxyl groups is 1. The van der Waals surface area contributed by atoms with Crippen molar-refractivity contribution in [1.29, 1.82) is 4.78 Å². The number of methoxy groups -OCH3 is 1. The normalized spacial score (nSPS) is 14.5. The lowest BCUT2D eigenvalue weighted by molar-refractivity contribution is 0.266. The zero-order chi connectivity index (χ0) is 19.4. The Morgan fingerprint density at radius 1 is 1.19 bits per heavy atom. The zero-order valence-electron chi connectivity index (χ0n) is 15.0. The Balaban J connectivity index is 1.84. The molecule has 7 nitrogen and oxygen atoms in total. The summed E-state index contributed by atoms with van der Waals surface area (Å²) in [6, 6.07) is 13.3. The van der Waals surface area contributed by atoms with E-state index in [4.69, 9.17) is 19.4 Å². The molecule has 3 rings (SSSR count). The van der Waals surface area contributed by atoms with Crippen molar-refractivity contribution >= 4 is 20.8 Å². The number of benzene rings is 2. The minimum absolute atomic E-state index is 0.197. The molecule has 27 heavy (non-hydrogen) atoms. The molecule has 142 valence electrons. The first kappa shape index (κ1) is 19.1. The monoisotopic (exact) mass is 387 g/mol. The number of aromatic nitrogens is 1. The smallest absolute Gasteiger partial charge is 0.138 e. The maximum absolute atomic E-state index is 12.4. The summed E-state index contributed by atoms with van der Waals surface area (Å²) in [5, 5.41) is 9.91. The van der Waals surface area contributed by atoms with E-state index in [1.165, 1.54) is 0 Å². The average molecular weight is 387 g/mol. The predicted octanol–water partition coefficient (Wildman–Crippen LogP) is 3.33. The van der Waals surface area contributed by atoms with E-state index in [9.17, 15) is 4.21 Å². The summed E-state index contributed by atoms with van der Waals surface area (Å²) in [6.45, 7) is 1.46. The Bertz CT molecular complexity index is 1040.